The second-order valence-electron chi connectivity index (χ2n) is 7.25. The number of benzene rings is 1. The van der Waals surface area contributed by atoms with Crippen LogP contribution in [0, 0.1) is 0 Å². The Kier molecular flexibility index (Phi) is 5.07. The first-order valence-electron chi connectivity index (χ1n) is 9.17. The second-order valence-corrected chi connectivity index (χ2v) is 8.06. The SMILES string of the molecule is C[C@@H]1C[C@H](C)OC(c2nsc3ccc(-n4c(=O)cc(C(F)(F)F)n(C)c4=O)cc23)O1. The molecule has 0 N–H and O–H groups in total. The molecule has 1 fully saturated rings. The molecule has 0 radical (unpaired) electrons. The Morgan fingerprint density at radius 2 is 1.80 bits per heavy atom. The predicted octanol–water partition coefficient (Wildman–Crippen LogP) is 3.38. The summed E-state index contributed by atoms with van der Waals surface area (Å²) in [5, 5.41) is 0.609. The third kappa shape index (κ3) is 3.57. The lowest BCUT2D eigenvalue weighted by Crippen LogP contribution is -2.40. The van der Waals surface area contributed by atoms with Crippen LogP contribution >= 0.6 is 11.5 Å². The van der Waals surface area contributed by atoms with E-state index in [1.807, 2.05) is 13.8 Å². The number of nitrogens with zero attached hydrogens (tertiary/aromatic N) is 3. The molecule has 1 aliphatic heterocycles. The van der Waals surface area contributed by atoms with Gasteiger partial charge in [-0.05, 0) is 50.0 Å². The van der Waals surface area contributed by atoms with E-state index < -0.39 is 29.4 Å². The van der Waals surface area contributed by atoms with Crippen LogP contribution in [0.25, 0.3) is 15.8 Å². The number of hydrogen-bond donors (Lipinski definition) is 0. The Hall–Kier alpha value is -2.50. The lowest BCUT2D eigenvalue weighted by molar-refractivity contribution is -0.239. The number of halogens is 3. The zero-order valence-electron chi connectivity index (χ0n) is 16.3. The standard InChI is InChI=1S/C19H18F3N3O4S/c1-9-6-10(2)29-17(28-9)16-12-7-11(4-5-13(12)30-23-16)25-15(26)8-14(19(20,21)22)24(3)18(25)27/h4-5,7-10,17H,6H2,1-3H3/t9-,10+,17?. The average Bonchev–Trinajstić information content (AvgIpc) is 3.06. The summed E-state index contributed by atoms with van der Waals surface area (Å²) in [6.45, 7) is 3.86. The predicted molar refractivity (Wildman–Crippen MR) is 104 cm³/mol. The summed E-state index contributed by atoms with van der Waals surface area (Å²) >= 11 is 1.20. The third-order valence-corrected chi connectivity index (χ3v) is 5.79. The third-order valence-electron chi connectivity index (χ3n) is 4.95. The Labute approximate surface area is 172 Å². The van der Waals surface area contributed by atoms with Gasteiger partial charge in [-0.25, -0.2) is 9.36 Å². The molecule has 7 nitrogen and oxygen atoms in total. The fourth-order valence-electron chi connectivity index (χ4n) is 3.55. The molecule has 3 heterocycles. The molecule has 4 rings (SSSR count). The molecule has 3 atom stereocenters. The van der Waals surface area contributed by atoms with Crippen LogP contribution in [0.1, 0.15) is 37.9 Å². The largest absolute Gasteiger partial charge is 0.431 e. The van der Waals surface area contributed by atoms with Crippen molar-refractivity contribution < 1.29 is 22.6 Å². The van der Waals surface area contributed by atoms with Crippen molar-refractivity contribution in [3.05, 3.63) is 56.5 Å². The maximum atomic E-state index is 13.1. The highest BCUT2D eigenvalue weighted by molar-refractivity contribution is 7.13. The Bertz CT molecular complexity index is 1220. The summed E-state index contributed by atoms with van der Waals surface area (Å²) in [6, 6.07) is 5.11. The maximum Gasteiger partial charge on any atom is 0.431 e. The molecule has 0 bridgehead atoms. The van der Waals surface area contributed by atoms with Crippen LogP contribution in [0.15, 0.2) is 33.9 Å². The number of fused-ring (bicyclic) bond motifs is 1. The van der Waals surface area contributed by atoms with E-state index in [2.05, 4.69) is 4.37 Å². The molecule has 2 aromatic heterocycles. The van der Waals surface area contributed by atoms with Gasteiger partial charge in [-0.15, -0.1) is 0 Å². The summed E-state index contributed by atoms with van der Waals surface area (Å²) in [5.41, 5.74) is -2.82. The number of rotatable bonds is 2. The molecule has 0 amide bonds. The Morgan fingerprint density at radius 1 is 1.13 bits per heavy atom. The highest BCUT2D eigenvalue weighted by Gasteiger charge is 2.35. The van der Waals surface area contributed by atoms with Crippen molar-refractivity contribution >= 4 is 21.6 Å². The van der Waals surface area contributed by atoms with Crippen LogP contribution < -0.4 is 11.2 Å². The van der Waals surface area contributed by atoms with Crippen LogP contribution in [-0.2, 0) is 22.7 Å². The molecule has 1 saturated heterocycles. The maximum absolute atomic E-state index is 13.1. The summed E-state index contributed by atoms with van der Waals surface area (Å²) in [5.74, 6) is 0. The molecule has 1 aliphatic rings. The van der Waals surface area contributed by atoms with E-state index >= 15 is 0 Å². The first-order chi connectivity index (χ1) is 14.1. The molecule has 30 heavy (non-hydrogen) atoms. The zero-order valence-corrected chi connectivity index (χ0v) is 17.1. The fraction of sp³-hybridized carbons (Fsp3) is 0.421. The summed E-state index contributed by atoms with van der Waals surface area (Å²) < 4.78 is 57.2. The normalized spacial score (nSPS) is 22.5. The van der Waals surface area contributed by atoms with Gasteiger partial charge in [-0.3, -0.25) is 9.36 Å². The van der Waals surface area contributed by atoms with Crippen molar-refractivity contribution in [2.75, 3.05) is 0 Å². The van der Waals surface area contributed by atoms with E-state index in [4.69, 9.17) is 9.47 Å². The number of aromatic nitrogens is 3. The number of alkyl halides is 3. The first kappa shape index (κ1) is 20.8. The molecule has 0 spiro atoms. The minimum atomic E-state index is -4.82. The second kappa shape index (κ2) is 7.33. The minimum Gasteiger partial charge on any atom is -0.344 e. The van der Waals surface area contributed by atoms with E-state index in [1.165, 1.54) is 17.6 Å². The molecule has 0 saturated carbocycles. The Balaban J connectivity index is 1.85. The molecule has 0 aliphatic carbocycles. The topological polar surface area (TPSA) is 75.4 Å². The van der Waals surface area contributed by atoms with Gasteiger partial charge < -0.3 is 9.47 Å². The number of ether oxygens (including phenoxy) is 2. The molecule has 11 heteroatoms. The van der Waals surface area contributed by atoms with Crippen LogP contribution in [-0.4, -0.2) is 25.7 Å². The van der Waals surface area contributed by atoms with Gasteiger partial charge in [0.1, 0.15) is 11.4 Å². The van der Waals surface area contributed by atoms with Gasteiger partial charge in [0.05, 0.1) is 22.6 Å². The lowest BCUT2D eigenvalue weighted by Gasteiger charge is -2.31. The molecule has 3 aromatic rings. The fourth-order valence-corrected chi connectivity index (χ4v) is 4.32. The van der Waals surface area contributed by atoms with Crippen LogP contribution in [0.3, 0.4) is 0 Å². The summed E-state index contributed by atoms with van der Waals surface area (Å²) in [6.07, 6.45) is -4.86. The van der Waals surface area contributed by atoms with Crippen LogP contribution in [0.2, 0.25) is 0 Å². The van der Waals surface area contributed by atoms with Gasteiger partial charge in [-0.1, -0.05) is 0 Å². The van der Waals surface area contributed by atoms with Crippen LogP contribution in [0.4, 0.5) is 13.2 Å². The van der Waals surface area contributed by atoms with Crippen molar-refractivity contribution in [3.63, 3.8) is 0 Å². The monoisotopic (exact) mass is 441 g/mol. The lowest BCUT2D eigenvalue weighted by atomic mass is 10.1. The van der Waals surface area contributed by atoms with Crippen molar-refractivity contribution in [3.8, 4) is 5.69 Å². The molecular formula is C19H18F3N3O4S. The van der Waals surface area contributed by atoms with E-state index in [9.17, 15) is 22.8 Å². The van der Waals surface area contributed by atoms with Crippen molar-refractivity contribution in [1.82, 2.24) is 13.5 Å². The van der Waals surface area contributed by atoms with E-state index in [1.54, 1.807) is 12.1 Å². The van der Waals surface area contributed by atoms with E-state index in [0.717, 1.165) is 18.2 Å². The van der Waals surface area contributed by atoms with Crippen molar-refractivity contribution in [2.24, 2.45) is 7.05 Å². The average molecular weight is 441 g/mol. The van der Waals surface area contributed by atoms with Gasteiger partial charge in [-0.2, -0.15) is 17.5 Å². The Morgan fingerprint density at radius 3 is 2.43 bits per heavy atom. The zero-order chi connectivity index (χ0) is 21.8. The van der Waals surface area contributed by atoms with Crippen LogP contribution in [0.5, 0.6) is 0 Å². The summed E-state index contributed by atoms with van der Waals surface area (Å²) in [4.78, 5) is 25.0. The minimum absolute atomic E-state index is 0.0384. The molecule has 160 valence electrons. The highest BCUT2D eigenvalue weighted by atomic mass is 32.1. The van der Waals surface area contributed by atoms with Crippen molar-refractivity contribution in [1.29, 1.82) is 0 Å². The van der Waals surface area contributed by atoms with Gasteiger partial charge in [0.2, 0.25) is 6.29 Å². The van der Waals surface area contributed by atoms with Gasteiger partial charge in [0.25, 0.3) is 5.56 Å². The number of hydrogen-bond acceptors (Lipinski definition) is 6. The smallest absolute Gasteiger partial charge is 0.344 e. The van der Waals surface area contributed by atoms with Gasteiger partial charge >= 0.3 is 11.9 Å². The molecule has 1 unspecified atom stereocenters. The quantitative estimate of drug-likeness (QED) is 0.610. The molecule has 1 aromatic carbocycles. The van der Waals surface area contributed by atoms with Crippen molar-refractivity contribution in [2.45, 2.75) is 44.9 Å². The van der Waals surface area contributed by atoms with Gasteiger partial charge in [0, 0.05) is 18.5 Å². The van der Waals surface area contributed by atoms with E-state index in [0.29, 0.717) is 26.3 Å². The summed E-state index contributed by atoms with van der Waals surface area (Å²) in [7, 11) is 0.976. The first-order valence-corrected chi connectivity index (χ1v) is 9.94. The van der Waals surface area contributed by atoms with Gasteiger partial charge in [0.15, 0.2) is 0 Å². The van der Waals surface area contributed by atoms with E-state index in [-0.39, 0.29) is 17.9 Å². The molecular weight excluding hydrogens is 423 g/mol. The highest BCUT2D eigenvalue weighted by Crippen LogP contribution is 2.35.